The lowest BCUT2D eigenvalue weighted by Crippen LogP contribution is -2.51. The van der Waals surface area contributed by atoms with Crippen molar-refractivity contribution >= 4 is 5.69 Å². The maximum absolute atomic E-state index is 13.2. The second kappa shape index (κ2) is 11.1. The molecule has 3 aliphatic rings. The standard InChI is InChI=1S/C26H35FN4O4/c27-21-1-3-22(4-2-21)30-11-7-28(8-12-30)17-20-19-35-26(33)24(25(20)32)18-29-9-13-31(14-10-29)23-5-15-34-16-6-23/h1-4,19,23,32H,5-18H2. The topological polar surface area (TPSA) is 72.6 Å². The van der Waals surface area contributed by atoms with Crippen LogP contribution in [0.4, 0.5) is 10.1 Å². The maximum atomic E-state index is 13.2. The fourth-order valence-corrected chi connectivity index (χ4v) is 5.41. The van der Waals surface area contributed by atoms with Crippen LogP contribution in [-0.4, -0.2) is 91.4 Å². The molecule has 0 spiro atoms. The molecule has 0 unspecified atom stereocenters. The molecule has 3 aliphatic heterocycles. The van der Waals surface area contributed by atoms with Gasteiger partial charge in [-0.25, -0.2) is 9.18 Å². The Morgan fingerprint density at radius 2 is 1.51 bits per heavy atom. The van der Waals surface area contributed by atoms with Crippen LogP contribution in [0.3, 0.4) is 0 Å². The van der Waals surface area contributed by atoms with Crippen molar-refractivity contribution in [3.8, 4) is 5.75 Å². The zero-order valence-electron chi connectivity index (χ0n) is 20.2. The highest BCUT2D eigenvalue weighted by molar-refractivity contribution is 5.46. The molecule has 8 nitrogen and oxygen atoms in total. The largest absolute Gasteiger partial charge is 0.507 e. The van der Waals surface area contributed by atoms with E-state index in [0.29, 0.717) is 30.3 Å². The first-order valence-electron chi connectivity index (χ1n) is 12.7. The predicted molar refractivity (Wildman–Crippen MR) is 131 cm³/mol. The summed E-state index contributed by atoms with van der Waals surface area (Å²) in [6, 6.07) is 7.17. The SMILES string of the molecule is O=c1occ(CN2CCN(c3ccc(F)cc3)CC2)c(O)c1CN1CCN(C2CCOCC2)CC1. The predicted octanol–water partition coefficient (Wildman–Crippen LogP) is 2.10. The van der Waals surface area contributed by atoms with Gasteiger partial charge in [-0.3, -0.25) is 14.7 Å². The molecular formula is C26H35FN4O4. The van der Waals surface area contributed by atoms with E-state index >= 15 is 0 Å². The first kappa shape index (κ1) is 24.2. The molecule has 4 heterocycles. The molecular weight excluding hydrogens is 451 g/mol. The zero-order valence-corrected chi connectivity index (χ0v) is 20.2. The molecule has 190 valence electrons. The second-order valence-corrected chi connectivity index (χ2v) is 9.77. The van der Waals surface area contributed by atoms with Crippen LogP contribution in [-0.2, 0) is 17.8 Å². The average molecular weight is 487 g/mol. The summed E-state index contributed by atoms with van der Waals surface area (Å²) in [7, 11) is 0. The van der Waals surface area contributed by atoms with E-state index in [1.54, 1.807) is 12.1 Å². The molecule has 0 saturated carbocycles. The normalized spacial score (nSPS) is 21.5. The Kier molecular flexibility index (Phi) is 7.67. The van der Waals surface area contributed by atoms with Crippen molar-refractivity contribution in [2.45, 2.75) is 32.0 Å². The van der Waals surface area contributed by atoms with Crippen molar-refractivity contribution in [1.82, 2.24) is 14.7 Å². The maximum Gasteiger partial charge on any atom is 0.343 e. The molecule has 3 saturated heterocycles. The van der Waals surface area contributed by atoms with E-state index in [-0.39, 0.29) is 11.6 Å². The molecule has 1 aromatic heterocycles. The first-order valence-corrected chi connectivity index (χ1v) is 12.7. The van der Waals surface area contributed by atoms with Gasteiger partial charge in [0.15, 0.2) is 0 Å². The molecule has 3 fully saturated rings. The van der Waals surface area contributed by atoms with Gasteiger partial charge in [0.2, 0.25) is 0 Å². The fourth-order valence-electron chi connectivity index (χ4n) is 5.41. The lowest BCUT2D eigenvalue weighted by atomic mass is 10.1. The number of benzene rings is 1. The minimum absolute atomic E-state index is 0.0640. The van der Waals surface area contributed by atoms with Crippen LogP contribution in [0.1, 0.15) is 24.0 Å². The number of nitrogens with zero attached hydrogens (tertiary/aromatic N) is 4. The number of aromatic hydroxyl groups is 1. The summed E-state index contributed by atoms with van der Waals surface area (Å²) >= 11 is 0. The third kappa shape index (κ3) is 5.86. The number of anilines is 1. The first-order chi connectivity index (χ1) is 17.1. The molecule has 0 bridgehead atoms. The van der Waals surface area contributed by atoms with Gasteiger partial charge in [-0.2, -0.15) is 0 Å². The molecule has 0 aliphatic carbocycles. The zero-order chi connectivity index (χ0) is 24.2. The van der Waals surface area contributed by atoms with Gasteiger partial charge in [0.1, 0.15) is 17.8 Å². The summed E-state index contributed by atoms with van der Waals surface area (Å²) in [5.41, 5.74) is 1.56. The number of rotatable bonds is 6. The number of halogens is 1. The van der Waals surface area contributed by atoms with Crippen molar-refractivity contribution in [3.05, 3.63) is 57.9 Å². The third-order valence-corrected chi connectivity index (χ3v) is 7.60. The van der Waals surface area contributed by atoms with Crippen molar-refractivity contribution < 1.29 is 18.7 Å². The monoisotopic (exact) mass is 486 g/mol. The van der Waals surface area contributed by atoms with Crippen LogP contribution in [0, 0.1) is 5.82 Å². The van der Waals surface area contributed by atoms with E-state index in [1.807, 2.05) is 0 Å². The summed E-state index contributed by atoms with van der Waals surface area (Å²) in [4.78, 5) is 21.7. The van der Waals surface area contributed by atoms with Gasteiger partial charge >= 0.3 is 5.63 Å². The molecule has 1 aromatic carbocycles. The Labute approximate surface area is 205 Å². The summed E-state index contributed by atoms with van der Waals surface area (Å²) in [6.45, 7) is 9.52. The lowest BCUT2D eigenvalue weighted by molar-refractivity contribution is 0.0123. The smallest absolute Gasteiger partial charge is 0.343 e. The van der Waals surface area contributed by atoms with E-state index in [9.17, 15) is 14.3 Å². The summed E-state index contributed by atoms with van der Waals surface area (Å²) < 4.78 is 24.0. The molecule has 2 aromatic rings. The van der Waals surface area contributed by atoms with E-state index in [0.717, 1.165) is 84.1 Å². The van der Waals surface area contributed by atoms with Crippen LogP contribution >= 0.6 is 0 Å². The van der Waals surface area contributed by atoms with Crippen molar-refractivity contribution in [1.29, 1.82) is 0 Å². The van der Waals surface area contributed by atoms with Crippen molar-refractivity contribution in [2.24, 2.45) is 0 Å². The Morgan fingerprint density at radius 1 is 0.886 bits per heavy atom. The molecule has 0 amide bonds. The van der Waals surface area contributed by atoms with Crippen LogP contribution in [0.15, 0.2) is 39.7 Å². The van der Waals surface area contributed by atoms with Gasteiger partial charge in [0.25, 0.3) is 0 Å². The fraction of sp³-hybridized carbons (Fsp3) is 0.577. The summed E-state index contributed by atoms with van der Waals surface area (Å²) in [6.07, 6.45) is 3.58. The highest BCUT2D eigenvalue weighted by Crippen LogP contribution is 2.25. The second-order valence-electron chi connectivity index (χ2n) is 9.77. The minimum atomic E-state index is -0.459. The van der Waals surface area contributed by atoms with Gasteiger partial charge in [0, 0.05) is 96.0 Å². The van der Waals surface area contributed by atoms with E-state index in [1.165, 1.54) is 18.4 Å². The summed E-state index contributed by atoms with van der Waals surface area (Å²) in [5, 5.41) is 11.0. The van der Waals surface area contributed by atoms with Gasteiger partial charge in [-0.1, -0.05) is 0 Å². The molecule has 0 radical (unpaired) electrons. The van der Waals surface area contributed by atoms with Crippen LogP contribution in [0.2, 0.25) is 0 Å². The Hall–Kier alpha value is -2.46. The van der Waals surface area contributed by atoms with Crippen molar-refractivity contribution in [3.63, 3.8) is 0 Å². The number of piperazine rings is 2. The number of ether oxygens (including phenoxy) is 1. The third-order valence-electron chi connectivity index (χ3n) is 7.60. The van der Waals surface area contributed by atoms with Crippen LogP contribution in [0.5, 0.6) is 5.75 Å². The van der Waals surface area contributed by atoms with E-state index in [4.69, 9.17) is 9.15 Å². The lowest BCUT2D eigenvalue weighted by Gasteiger charge is -2.40. The number of hydrogen-bond acceptors (Lipinski definition) is 8. The van der Waals surface area contributed by atoms with Gasteiger partial charge < -0.3 is 19.2 Å². The Balaban J connectivity index is 1.16. The van der Waals surface area contributed by atoms with Crippen LogP contribution < -0.4 is 10.5 Å². The molecule has 1 N–H and O–H groups in total. The van der Waals surface area contributed by atoms with Gasteiger partial charge in [-0.05, 0) is 37.1 Å². The molecule has 0 atom stereocenters. The highest BCUT2D eigenvalue weighted by Gasteiger charge is 2.27. The quantitative estimate of drug-likeness (QED) is 0.666. The molecule has 35 heavy (non-hydrogen) atoms. The Bertz CT molecular complexity index is 1020. The average Bonchev–Trinajstić information content (AvgIpc) is 2.90. The van der Waals surface area contributed by atoms with Gasteiger partial charge in [0.05, 0.1) is 5.56 Å². The van der Waals surface area contributed by atoms with Crippen LogP contribution in [0.25, 0.3) is 0 Å². The Morgan fingerprint density at radius 3 is 2.20 bits per heavy atom. The number of hydrogen-bond donors (Lipinski definition) is 1. The van der Waals surface area contributed by atoms with E-state index < -0.39 is 5.63 Å². The van der Waals surface area contributed by atoms with E-state index in [2.05, 4.69) is 19.6 Å². The van der Waals surface area contributed by atoms with Gasteiger partial charge in [-0.15, -0.1) is 0 Å². The highest BCUT2D eigenvalue weighted by atomic mass is 19.1. The van der Waals surface area contributed by atoms with Crippen molar-refractivity contribution in [2.75, 3.05) is 70.5 Å². The molecule has 5 rings (SSSR count). The minimum Gasteiger partial charge on any atom is -0.507 e. The summed E-state index contributed by atoms with van der Waals surface area (Å²) in [5.74, 6) is -0.167. The molecule has 9 heteroatoms.